The second kappa shape index (κ2) is 7.26. The van der Waals surface area contributed by atoms with Crippen molar-refractivity contribution in [2.75, 3.05) is 13.1 Å². The molecular formula is C20H21N5O2. The van der Waals surface area contributed by atoms with Crippen LogP contribution in [0.25, 0.3) is 11.0 Å². The Hall–Kier alpha value is -3.09. The molecule has 4 rings (SSSR count). The van der Waals surface area contributed by atoms with Crippen LogP contribution in [0.4, 0.5) is 0 Å². The average molecular weight is 363 g/mol. The molecule has 138 valence electrons. The minimum atomic E-state index is -0.127. The summed E-state index contributed by atoms with van der Waals surface area (Å²) in [6.45, 7) is 5.00. The van der Waals surface area contributed by atoms with Gasteiger partial charge in [-0.2, -0.15) is 0 Å². The third-order valence-electron chi connectivity index (χ3n) is 4.57. The molecule has 7 nitrogen and oxygen atoms in total. The molecule has 0 N–H and O–H groups in total. The highest BCUT2D eigenvalue weighted by Gasteiger charge is 2.27. The lowest BCUT2D eigenvalue weighted by molar-refractivity contribution is 0.0510. The van der Waals surface area contributed by atoms with Gasteiger partial charge in [-0.25, -0.2) is 15.0 Å². The van der Waals surface area contributed by atoms with E-state index in [0.717, 1.165) is 35.3 Å². The van der Waals surface area contributed by atoms with Crippen molar-refractivity contribution in [3.8, 4) is 6.01 Å². The van der Waals surface area contributed by atoms with Gasteiger partial charge in [0.15, 0.2) is 0 Å². The van der Waals surface area contributed by atoms with Crippen molar-refractivity contribution in [2.24, 2.45) is 0 Å². The Morgan fingerprint density at radius 2 is 1.85 bits per heavy atom. The number of nitrogens with zero attached hydrogens (tertiary/aromatic N) is 5. The summed E-state index contributed by atoms with van der Waals surface area (Å²) >= 11 is 0. The SMILES string of the molecule is Cc1cc(C)nc(OC2CCCN(C(=O)c3cnc4ccccc4n3)C2)n1. The van der Waals surface area contributed by atoms with Crippen LogP contribution in [0.5, 0.6) is 6.01 Å². The van der Waals surface area contributed by atoms with E-state index >= 15 is 0 Å². The molecule has 7 heteroatoms. The summed E-state index contributed by atoms with van der Waals surface area (Å²) in [6, 6.07) is 9.81. The molecule has 0 saturated carbocycles. The highest BCUT2D eigenvalue weighted by Crippen LogP contribution is 2.18. The number of amides is 1. The highest BCUT2D eigenvalue weighted by atomic mass is 16.5. The van der Waals surface area contributed by atoms with E-state index < -0.39 is 0 Å². The first-order valence-electron chi connectivity index (χ1n) is 9.08. The zero-order chi connectivity index (χ0) is 18.8. The van der Waals surface area contributed by atoms with E-state index in [1.165, 1.54) is 0 Å². The van der Waals surface area contributed by atoms with E-state index in [1.54, 1.807) is 11.1 Å². The van der Waals surface area contributed by atoms with Gasteiger partial charge >= 0.3 is 6.01 Å². The molecule has 0 radical (unpaired) electrons. The number of aromatic nitrogens is 4. The molecule has 0 spiro atoms. The first-order chi connectivity index (χ1) is 13.1. The summed E-state index contributed by atoms with van der Waals surface area (Å²) < 4.78 is 5.95. The first-order valence-corrected chi connectivity index (χ1v) is 9.08. The average Bonchev–Trinajstić information content (AvgIpc) is 2.66. The predicted molar refractivity (Wildman–Crippen MR) is 101 cm³/mol. The van der Waals surface area contributed by atoms with Crippen LogP contribution in [0, 0.1) is 13.8 Å². The van der Waals surface area contributed by atoms with Gasteiger partial charge in [0.1, 0.15) is 11.8 Å². The third-order valence-corrected chi connectivity index (χ3v) is 4.57. The molecule has 1 aliphatic rings. The quantitative estimate of drug-likeness (QED) is 0.712. The van der Waals surface area contributed by atoms with Crippen molar-refractivity contribution >= 4 is 16.9 Å². The number of likely N-dealkylation sites (tertiary alicyclic amines) is 1. The fraction of sp³-hybridized carbons (Fsp3) is 0.350. The van der Waals surface area contributed by atoms with Crippen molar-refractivity contribution in [3.05, 3.63) is 53.6 Å². The molecular weight excluding hydrogens is 342 g/mol. The Morgan fingerprint density at radius 3 is 2.63 bits per heavy atom. The van der Waals surface area contributed by atoms with E-state index in [1.807, 2.05) is 44.2 Å². The summed E-state index contributed by atoms with van der Waals surface area (Å²) in [6.07, 6.45) is 3.14. The van der Waals surface area contributed by atoms with Crippen molar-refractivity contribution in [1.29, 1.82) is 0 Å². The zero-order valence-electron chi connectivity index (χ0n) is 15.4. The van der Waals surface area contributed by atoms with Crippen molar-refractivity contribution in [2.45, 2.75) is 32.8 Å². The Kier molecular flexibility index (Phi) is 4.66. The van der Waals surface area contributed by atoms with Gasteiger partial charge in [0, 0.05) is 17.9 Å². The number of aryl methyl sites for hydroxylation is 2. The zero-order valence-corrected chi connectivity index (χ0v) is 15.4. The molecule has 2 aromatic heterocycles. The summed E-state index contributed by atoms with van der Waals surface area (Å²) in [4.78, 5) is 32.1. The van der Waals surface area contributed by atoms with Crippen molar-refractivity contribution in [1.82, 2.24) is 24.8 Å². The summed E-state index contributed by atoms with van der Waals surface area (Å²) in [5, 5.41) is 0. The third kappa shape index (κ3) is 3.86. The number of piperidine rings is 1. The van der Waals surface area contributed by atoms with Crippen LogP contribution >= 0.6 is 0 Å². The van der Waals surface area contributed by atoms with Gasteiger partial charge < -0.3 is 9.64 Å². The van der Waals surface area contributed by atoms with Crippen LogP contribution in [-0.2, 0) is 0 Å². The van der Waals surface area contributed by atoms with Gasteiger partial charge in [-0.05, 0) is 44.9 Å². The van der Waals surface area contributed by atoms with E-state index in [2.05, 4.69) is 19.9 Å². The van der Waals surface area contributed by atoms with Gasteiger partial charge in [0.2, 0.25) is 0 Å². The molecule has 0 aliphatic carbocycles. The van der Waals surface area contributed by atoms with Gasteiger partial charge in [-0.1, -0.05) is 12.1 Å². The molecule has 1 saturated heterocycles. The lowest BCUT2D eigenvalue weighted by atomic mass is 10.1. The summed E-state index contributed by atoms with van der Waals surface area (Å²) in [7, 11) is 0. The van der Waals surface area contributed by atoms with Crippen LogP contribution in [0.1, 0.15) is 34.7 Å². The van der Waals surface area contributed by atoms with Crippen LogP contribution in [0.3, 0.4) is 0 Å². The number of benzene rings is 1. The van der Waals surface area contributed by atoms with Crippen LogP contribution in [0.2, 0.25) is 0 Å². The molecule has 1 aromatic carbocycles. The number of para-hydroxylation sites is 2. The van der Waals surface area contributed by atoms with E-state index in [4.69, 9.17) is 4.74 Å². The van der Waals surface area contributed by atoms with E-state index in [-0.39, 0.29) is 12.0 Å². The number of hydrogen-bond acceptors (Lipinski definition) is 6. The van der Waals surface area contributed by atoms with Crippen LogP contribution in [-0.4, -0.2) is 49.9 Å². The number of rotatable bonds is 3. The lowest BCUT2D eigenvalue weighted by Crippen LogP contribution is -2.44. The molecule has 1 atom stereocenters. The van der Waals surface area contributed by atoms with Gasteiger partial charge in [0.05, 0.1) is 23.8 Å². The molecule has 1 aliphatic heterocycles. The normalized spacial score (nSPS) is 17.1. The molecule has 27 heavy (non-hydrogen) atoms. The summed E-state index contributed by atoms with van der Waals surface area (Å²) in [5.41, 5.74) is 3.59. The summed E-state index contributed by atoms with van der Waals surface area (Å²) in [5.74, 6) is -0.122. The molecule has 1 unspecified atom stereocenters. The maximum Gasteiger partial charge on any atom is 0.317 e. The smallest absolute Gasteiger partial charge is 0.317 e. The van der Waals surface area contributed by atoms with Crippen molar-refractivity contribution < 1.29 is 9.53 Å². The first kappa shape index (κ1) is 17.3. The highest BCUT2D eigenvalue weighted by molar-refractivity contribution is 5.93. The molecule has 3 heterocycles. The van der Waals surface area contributed by atoms with Gasteiger partial charge in [-0.3, -0.25) is 9.78 Å². The lowest BCUT2D eigenvalue weighted by Gasteiger charge is -2.32. The van der Waals surface area contributed by atoms with E-state index in [0.29, 0.717) is 24.8 Å². The van der Waals surface area contributed by atoms with Crippen LogP contribution < -0.4 is 4.74 Å². The minimum Gasteiger partial charge on any atom is -0.458 e. The molecule has 1 amide bonds. The fourth-order valence-electron chi connectivity index (χ4n) is 3.34. The van der Waals surface area contributed by atoms with Crippen LogP contribution in [0.15, 0.2) is 36.5 Å². The fourth-order valence-corrected chi connectivity index (χ4v) is 3.34. The second-order valence-electron chi connectivity index (χ2n) is 6.81. The molecule has 3 aromatic rings. The standard InChI is InChI=1S/C20H21N5O2/c1-13-10-14(2)23-20(22-13)27-15-6-5-9-25(12-15)19(26)18-11-21-16-7-3-4-8-17(16)24-18/h3-4,7-8,10-11,15H,5-6,9,12H2,1-2H3. The Balaban J connectivity index is 1.48. The van der Waals surface area contributed by atoms with E-state index in [9.17, 15) is 4.79 Å². The second-order valence-corrected chi connectivity index (χ2v) is 6.81. The Labute approximate surface area is 157 Å². The topological polar surface area (TPSA) is 81.1 Å². The molecule has 0 bridgehead atoms. The number of ether oxygens (including phenoxy) is 1. The van der Waals surface area contributed by atoms with Gasteiger partial charge in [-0.15, -0.1) is 0 Å². The number of fused-ring (bicyclic) bond motifs is 1. The number of carbonyl (C=O) groups excluding carboxylic acids is 1. The maximum absolute atomic E-state index is 12.9. The minimum absolute atomic E-state index is 0.122. The van der Waals surface area contributed by atoms with Gasteiger partial charge in [0.25, 0.3) is 5.91 Å². The predicted octanol–water partition coefficient (Wildman–Crippen LogP) is 2.72. The Morgan fingerprint density at radius 1 is 1.11 bits per heavy atom. The Bertz CT molecular complexity index is 971. The number of hydrogen-bond donors (Lipinski definition) is 0. The molecule has 1 fully saturated rings. The van der Waals surface area contributed by atoms with Crippen molar-refractivity contribution in [3.63, 3.8) is 0 Å². The monoisotopic (exact) mass is 363 g/mol. The maximum atomic E-state index is 12.9. The largest absolute Gasteiger partial charge is 0.458 e. The number of carbonyl (C=O) groups is 1.